The lowest BCUT2D eigenvalue weighted by molar-refractivity contribution is -0.0386. The van der Waals surface area contributed by atoms with Gasteiger partial charge in [-0.25, -0.2) is 0 Å². The number of methoxy groups -OCH3 is 1. The van der Waals surface area contributed by atoms with Gasteiger partial charge in [0, 0.05) is 12.7 Å². The second kappa shape index (κ2) is 5.94. The highest BCUT2D eigenvalue weighted by Crippen LogP contribution is 2.44. The Hall–Kier alpha value is -1.39. The third-order valence-corrected chi connectivity index (χ3v) is 3.71. The molecule has 0 saturated heterocycles. The van der Waals surface area contributed by atoms with Gasteiger partial charge in [-0.15, -0.1) is 0 Å². The molecule has 5 nitrogen and oxygen atoms in total. The zero-order chi connectivity index (χ0) is 14.8. The maximum atomic E-state index is 11.4. The maximum absolute atomic E-state index is 11.4. The van der Waals surface area contributed by atoms with Crippen molar-refractivity contribution < 1.29 is 23.8 Å². The van der Waals surface area contributed by atoms with Crippen molar-refractivity contribution in [3.8, 4) is 5.75 Å². The van der Waals surface area contributed by atoms with E-state index in [-0.39, 0.29) is 6.16 Å². The fourth-order valence-electron chi connectivity index (χ4n) is 2.02. The summed E-state index contributed by atoms with van der Waals surface area (Å²) in [6.07, 6.45) is -0.855. The summed E-state index contributed by atoms with van der Waals surface area (Å²) in [7, 11) is -2.68. The molecule has 0 aliphatic rings. The van der Waals surface area contributed by atoms with Crippen molar-refractivity contribution in [1.82, 2.24) is 0 Å². The van der Waals surface area contributed by atoms with Crippen LogP contribution in [0.25, 0.3) is 10.8 Å². The molecule has 0 aliphatic heterocycles. The second-order valence-electron chi connectivity index (χ2n) is 4.51. The predicted octanol–water partition coefficient (Wildman–Crippen LogP) is 2.89. The van der Waals surface area contributed by atoms with Gasteiger partial charge in [0.2, 0.25) is 0 Å². The minimum absolute atomic E-state index is 0.361. The van der Waals surface area contributed by atoms with Crippen molar-refractivity contribution in [2.75, 3.05) is 7.11 Å². The van der Waals surface area contributed by atoms with Gasteiger partial charge in [0.15, 0.2) is 6.29 Å². The van der Waals surface area contributed by atoms with Gasteiger partial charge in [0.1, 0.15) is 5.75 Å². The highest BCUT2D eigenvalue weighted by Gasteiger charge is 2.20. The highest BCUT2D eigenvalue weighted by atomic mass is 31.2. The molecule has 0 radical (unpaired) electrons. The maximum Gasteiger partial charge on any atom is 0.330 e. The molecule has 0 spiro atoms. The van der Waals surface area contributed by atoms with Crippen LogP contribution in [-0.4, -0.2) is 23.2 Å². The van der Waals surface area contributed by atoms with E-state index in [9.17, 15) is 14.4 Å². The second-order valence-corrected chi connectivity index (χ2v) is 6.15. The van der Waals surface area contributed by atoms with Crippen LogP contribution in [0.3, 0.4) is 0 Å². The minimum atomic E-state index is -4.19. The highest BCUT2D eigenvalue weighted by molar-refractivity contribution is 7.50. The van der Waals surface area contributed by atoms with E-state index < -0.39 is 13.9 Å². The number of hydrogen-bond donors (Lipinski definition) is 2. The zero-order valence-corrected chi connectivity index (χ0v) is 12.2. The van der Waals surface area contributed by atoms with E-state index in [0.717, 1.165) is 10.8 Å². The summed E-state index contributed by atoms with van der Waals surface area (Å²) in [5, 5.41) is 1.69. The van der Waals surface area contributed by atoms with Crippen molar-refractivity contribution in [2.45, 2.75) is 19.4 Å². The topological polar surface area (TPSA) is 76.0 Å². The van der Waals surface area contributed by atoms with Gasteiger partial charge in [-0.2, -0.15) is 0 Å². The number of ether oxygens (including phenoxy) is 2. The van der Waals surface area contributed by atoms with Crippen LogP contribution in [0.1, 0.15) is 12.5 Å². The summed E-state index contributed by atoms with van der Waals surface area (Å²) < 4.78 is 22.0. The average Bonchev–Trinajstić information content (AvgIpc) is 2.40. The number of rotatable bonds is 5. The van der Waals surface area contributed by atoms with Crippen molar-refractivity contribution in [2.24, 2.45) is 0 Å². The van der Waals surface area contributed by atoms with Crippen molar-refractivity contribution in [3.05, 3.63) is 42.0 Å². The minimum Gasteiger partial charge on any atom is -0.465 e. The lowest BCUT2D eigenvalue weighted by Crippen LogP contribution is -2.14. The van der Waals surface area contributed by atoms with Crippen LogP contribution in [0.4, 0.5) is 0 Å². The first kappa shape index (κ1) is 15.0. The van der Waals surface area contributed by atoms with Crippen LogP contribution >= 0.6 is 7.60 Å². The normalized spacial score (nSPS) is 13.4. The van der Waals surface area contributed by atoms with Crippen LogP contribution in [0.5, 0.6) is 5.75 Å². The van der Waals surface area contributed by atoms with Crippen LogP contribution in [0.15, 0.2) is 36.4 Å². The summed E-state index contributed by atoms with van der Waals surface area (Å²) in [6, 6.07) is 11.0. The van der Waals surface area contributed by atoms with Gasteiger partial charge in [-0.3, -0.25) is 4.57 Å². The Morgan fingerprint density at radius 3 is 2.55 bits per heavy atom. The molecule has 0 amide bonds. The molecule has 1 unspecified atom stereocenters. The van der Waals surface area contributed by atoms with Gasteiger partial charge in [0.25, 0.3) is 0 Å². The van der Waals surface area contributed by atoms with Crippen molar-refractivity contribution in [1.29, 1.82) is 0 Å². The number of fused-ring (bicyclic) bond motifs is 1. The van der Waals surface area contributed by atoms with E-state index in [2.05, 4.69) is 0 Å². The van der Waals surface area contributed by atoms with Crippen LogP contribution in [-0.2, 0) is 15.5 Å². The first-order valence-electron chi connectivity index (χ1n) is 6.15. The molecule has 2 aromatic rings. The van der Waals surface area contributed by atoms with Gasteiger partial charge in [-0.1, -0.05) is 30.3 Å². The van der Waals surface area contributed by atoms with Crippen LogP contribution in [0.2, 0.25) is 0 Å². The Morgan fingerprint density at radius 1 is 1.20 bits per heavy atom. The zero-order valence-electron chi connectivity index (χ0n) is 11.3. The van der Waals surface area contributed by atoms with Crippen molar-refractivity contribution >= 4 is 18.4 Å². The van der Waals surface area contributed by atoms with Gasteiger partial charge >= 0.3 is 7.60 Å². The van der Waals surface area contributed by atoms with E-state index in [1.807, 2.05) is 30.3 Å². The third-order valence-electron chi connectivity index (χ3n) is 2.99. The van der Waals surface area contributed by atoms with Crippen LogP contribution in [0, 0.1) is 0 Å². The summed E-state index contributed by atoms with van der Waals surface area (Å²) in [4.78, 5) is 18.5. The SMILES string of the molecule is COC(C)Oc1ccc2ccccc2c1CP(=O)(O)O. The Labute approximate surface area is 117 Å². The van der Waals surface area contributed by atoms with Crippen LogP contribution < -0.4 is 4.74 Å². The summed E-state index contributed by atoms with van der Waals surface area (Å²) in [5.41, 5.74) is 0.500. The molecule has 0 saturated carbocycles. The van der Waals surface area contributed by atoms with Gasteiger partial charge in [-0.05, 0) is 23.8 Å². The molecule has 2 rings (SSSR count). The Bertz CT molecular complexity index is 649. The average molecular weight is 296 g/mol. The molecule has 0 aromatic heterocycles. The number of hydrogen-bond acceptors (Lipinski definition) is 3. The van der Waals surface area contributed by atoms with E-state index in [4.69, 9.17) is 9.47 Å². The smallest absolute Gasteiger partial charge is 0.330 e. The molecule has 0 bridgehead atoms. The molecule has 2 aromatic carbocycles. The van der Waals surface area contributed by atoms with Crippen molar-refractivity contribution in [3.63, 3.8) is 0 Å². The Balaban J connectivity index is 2.55. The van der Waals surface area contributed by atoms with E-state index in [1.165, 1.54) is 7.11 Å². The third kappa shape index (κ3) is 3.58. The summed E-state index contributed by atoms with van der Waals surface area (Å²) >= 11 is 0. The summed E-state index contributed by atoms with van der Waals surface area (Å²) in [5.74, 6) is 0.432. The molecule has 0 fully saturated rings. The first-order chi connectivity index (χ1) is 9.40. The molecule has 108 valence electrons. The first-order valence-corrected chi connectivity index (χ1v) is 7.95. The van der Waals surface area contributed by atoms with Gasteiger partial charge < -0.3 is 19.3 Å². The molecule has 1 atom stereocenters. The lowest BCUT2D eigenvalue weighted by atomic mass is 10.0. The lowest BCUT2D eigenvalue weighted by Gasteiger charge is -2.18. The molecule has 20 heavy (non-hydrogen) atoms. The Kier molecular flexibility index (Phi) is 4.45. The van der Waals surface area contributed by atoms with E-state index in [1.54, 1.807) is 13.0 Å². The Morgan fingerprint density at radius 2 is 1.90 bits per heavy atom. The van der Waals surface area contributed by atoms with Gasteiger partial charge in [0.05, 0.1) is 6.16 Å². The molecule has 0 heterocycles. The predicted molar refractivity (Wildman–Crippen MR) is 76.8 cm³/mol. The molecule has 0 aliphatic carbocycles. The number of benzene rings is 2. The quantitative estimate of drug-likeness (QED) is 0.655. The van der Waals surface area contributed by atoms with E-state index >= 15 is 0 Å². The fourth-order valence-corrected chi connectivity index (χ4v) is 2.76. The monoisotopic (exact) mass is 296 g/mol. The molecular weight excluding hydrogens is 279 g/mol. The molecule has 2 N–H and O–H groups in total. The molecule has 6 heteroatoms. The standard InChI is InChI=1S/C14H17O5P/c1-10(18-2)19-14-8-7-11-5-3-4-6-12(11)13(14)9-20(15,16)17/h3-8,10H,9H2,1-2H3,(H2,15,16,17). The fraction of sp³-hybridized carbons (Fsp3) is 0.286. The summed E-state index contributed by atoms with van der Waals surface area (Å²) in [6.45, 7) is 1.72. The van der Waals surface area contributed by atoms with E-state index in [0.29, 0.717) is 11.3 Å². The largest absolute Gasteiger partial charge is 0.465 e. The molecular formula is C14H17O5P.